The van der Waals surface area contributed by atoms with Crippen LogP contribution in [0.3, 0.4) is 0 Å². The van der Waals surface area contributed by atoms with E-state index in [9.17, 15) is 19.2 Å². The summed E-state index contributed by atoms with van der Waals surface area (Å²) in [7, 11) is 0. The second-order valence-electron chi connectivity index (χ2n) is 10.8. The van der Waals surface area contributed by atoms with Crippen molar-refractivity contribution in [1.29, 1.82) is 0 Å². The monoisotopic (exact) mass is 469 g/mol. The number of nitrogens with one attached hydrogen (secondary N) is 3. The Hall–Kier alpha value is -2.32. The summed E-state index contributed by atoms with van der Waals surface area (Å²) >= 11 is 0. The van der Waals surface area contributed by atoms with Crippen LogP contribution in [0, 0.1) is 11.8 Å². The molecule has 1 saturated carbocycles. The Kier molecular flexibility index (Phi) is 11.7. The van der Waals surface area contributed by atoms with Crippen molar-refractivity contribution in [2.45, 2.75) is 104 Å². The van der Waals surface area contributed by atoms with Gasteiger partial charge in [-0.3, -0.25) is 4.79 Å². The molecule has 1 atom stereocenters. The predicted molar refractivity (Wildman–Crippen MR) is 126 cm³/mol. The van der Waals surface area contributed by atoms with Gasteiger partial charge < -0.3 is 30.2 Å². The zero-order chi connectivity index (χ0) is 25.1. The third-order valence-corrected chi connectivity index (χ3v) is 5.24. The lowest BCUT2D eigenvalue weighted by Crippen LogP contribution is -2.49. The van der Waals surface area contributed by atoms with E-state index in [0.29, 0.717) is 38.3 Å². The minimum atomic E-state index is -0.729. The molecule has 9 heteroatoms. The van der Waals surface area contributed by atoms with Crippen molar-refractivity contribution in [1.82, 2.24) is 16.0 Å². The molecule has 1 aliphatic carbocycles. The number of carbonyl (C=O) groups is 4. The smallest absolute Gasteiger partial charge is 0.408 e. The largest absolute Gasteiger partial charge is 0.444 e. The quantitative estimate of drug-likeness (QED) is 0.331. The fourth-order valence-electron chi connectivity index (χ4n) is 3.59. The van der Waals surface area contributed by atoms with Crippen LogP contribution in [-0.2, 0) is 19.1 Å². The molecule has 3 N–H and O–H groups in total. The van der Waals surface area contributed by atoms with E-state index in [-0.39, 0.29) is 11.8 Å². The molecule has 0 aromatic carbocycles. The van der Waals surface area contributed by atoms with Gasteiger partial charge in [0.2, 0.25) is 5.91 Å². The molecule has 0 heterocycles. The molecule has 33 heavy (non-hydrogen) atoms. The summed E-state index contributed by atoms with van der Waals surface area (Å²) in [6.07, 6.45) is 5.10. The summed E-state index contributed by atoms with van der Waals surface area (Å²) in [5.41, 5.74) is -1.23. The molecule has 0 unspecified atom stereocenters. The van der Waals surface area contributed by atoms with Crippen molar-refractivity contribution in [2.24, 2.45) is 11.8 Å². The molecular formula is C24H43N3O6. The third kappa shape index (κ3) is 13.7. The maximum Gasteiger partial charge on any atom is 0.408 e. The van der Waals surface area contributed by atoms with Crippen LogP contribution >= 0.6 is 0 Å². The van der Waals surface area contributed by atoms with Gasteiger partial charge in [-0.05, 0) is 92.4 Å². The van der Waals surface area contributed by atoms with Gasteiger partial charge in [0.25, 0.3) is 0 Å². The Morgan fingerprint density at radius 1 is 0.879 bits per heavy atom. The molecular weight excluding hydrogens is 426 g/mol. The minimum Gasteiger partial charge on any atom is -0.444 e. The summed E-state index contributed by atoms with van der Waals surface area (Å²) in [4.78, 5) is 47.7. The number of hydrogen-bond donors (Lipinski definition) is 3. The zero-order valence-corrected chi connectivity index (χ0v) is 21.1. The van der Waals surface area contributed by atoms with Crippen LogP contribution in [0.15, 0.2) is 0 Å². The van der Waals surface area contributed by atoms with Gasteiger partial charge in [-0.15, -0.1) is 0 Å². The number of unbranched alkanes of at least 4 members (excludes halogenated alkanes) is 1. The summed E-state index contributed by atoms with van der Waals surface area (Å²) in [6.45, 7) is 11.6. The number of alkyl carbamates (subject to hydrolysis) is 2. The standard InChI is InChI=1S/C24H43N3O6/c1-23(2,3)32-21(30)25-14-8-7-9-19(27-22(31)33-24(4,5)6)20(29)26-15-17-10-12-18(16-28)13-11-17/h16-19H,7-15H2,1-6H3,(H,25,30)(H,26,29)(H,27,31)/t17?,18?,19-/m0/s1. The molecule has 190 valence electrons. The number of ether oxygens (including phenoxy) is 2. The van der Waals surface area contributed by atoms with Gasteiger partial charge in [0.05, 0.1) is 0 Å². The maximum absolute atomic E-state index is 12.8. The highest BCUT2D eigenvalue weighted by Crippen LogP contribution is 2.27. The second-order valence-corrected chi connectivity index (χ2v) is 10.8. The van der Waals surface area contributed by atoms with Gasteiger partial charge in [-0.25, -0.2) is 9.59 Å². The van der Waals surface area contributed by atoms with Crippen molar-refractivity contribution < 1.29 is 28.7 Å². The van der Waals surface area contributed by atoms with Crippen LogP contribution in [-0.4, -0.2) is 54.7 Å². The van der Waals surface area contributed by atoms with Gasteiger partial charge >= 0.3 is 12.2 Å². The molecule has 9 nitrogen and oxygen atoms in total. The van der Waals surface area contributed by atoms with Gasteiger partial charge in [0, 0.05) is 19.0 Å². The first-order valence-electron chi connectivity index (χ1n) is 12.0. The SMILES string of the molecule is CC(C)(C)OC(=O)NCCCC[C@H](NC(=O)OC(C)(C)C)C(=O)NCC1CCC(C=O)CC1. The molecule has 1 fully saturated rings. The van der Waals surface area contributed by atoms with E-state index < -0.39 is 29.4 Å². The lowest BCUT2D eigenvalue weighted by molar-refractivity contribution is -0.123. The summed E-state index contributed by atoms with van der Waals surface area (Å²) in [6, 6.07) is -0.729. The lowest BCUT2D eigenvalue weighted by atomic mass is 9.83. The predicted octanol–water partition coefficient (Wildman–Crippen LogP) is 3.70. The molecule has 0 bridgehead atoms. The Bertz CT molecular complexity index is 646. The Balaban J connectivity index is 2.51. The van der Waals surface area contributed by atoms with Crippen LogP contribution in [0.1, 0.15) is 86.5 Å². The van der Waals surface area contributed by atoms with Crippen LogP contribution < -0.4 is 16.0 Å². The highest BCUT2D eigenvalue weighted by atomic mass is 16.6. The Morgan fingerprint density at radius 2 is 1.45 bits per heavy atom. The molecule has 3 amide bonds. The van der Waals surface area contributed by atoms with Crippen LogP contribution in [0.4, 0.5) is 9.59 Å². The molecule has 1 rings (SSSR count). The van der Waals surface area contributed by atoms with Crippen molar-refractivity contribution >= 4 is 24.4 Å². The fourth-order valence-corrected chi connectivity index (χ4v) is 3.59. The average molecular weight is 470 g/mol. The fraction of sp³-hybridized carbons (Fsp3) is 0.833. The van der Waals surface area contributed by atoms with Crippen LogP contribution in [0.25, 0.3) is 0 Å². The highest BCUT2D eigenvalue weighted by molar-refractivity contribution is 5.85. The van der Waals surface area contributed by atoms with Crippen molar-refractivity contribution in [3.8, 4) is 0 Å². The Labute approximate surface area is 198 Å². The van der Waals surface area contributed by atoms with Gasteiger partial charge in [-0.1, -0.05) is 0 Å². The van der Waals surface area contributed by atoms with Crippen molar-refractivity contribution in [3.05, 3.63) is 0 Å². The molecule has 0 aliphatic heterocycles. The Morgan fingerprint density at radius 3 is 2.00 bits per heavy atom. The minimum absolute atomic E-state index is 0.132. The van der Waals surface area contributed by atoms with E-state index in [1.54, 1.807) is 41.5 Å². The van der Waals surface area contributed by atoms with Crippen LogP contribution in [0.5, 0.6) is 0 Å². The van der Waals surface area contributed by atoms with E-state index >= 15 is 0 Å². The van der Waals surface area contributed by atoms with E-state index in [4.69, 9.17) is 9.47 Å². The van der Waals surface area contributed by atoms with Gasteiger partial charge in [0.1, 0.15) is 23.5 Å². The molecule has 0 aromatic rings. The molecule has 1 aliphatic rings. The second kappa shape index (κ2) is 13.4. The zero-order valence-electron chi connectivity index (χ0n) is 21.1. The normalized spacial score (nSPS) is 19.7. The topological polar surface area (TPSA) is 123 Å². The first kappa shape index (κ1) is 28.7. The van der Waals surface area contributed by atoms with E-state index in [1.165, 1.54) is 0 Å². The van der Waals surface area contributed by atoms with E-state index in [0.717, 1.165) is 32.0 Å². The molecule has 0 aromatic heterocycles. The molecule has 0 spiro atoms. The number of hydrogen-bond acceptors (Lipinski definition) is 6. The number of amides is 3. The van der Waals surface area contributed by atoms with Crippen LogP contribution in [0.2, 0.25) is 0 Å². The average Bonchev–Trinajstić information content (AvgIpc) is 2.68. The highest BCUT2D eigenvalue weighted by Gasteiger charge is 2.26. The third-order valence-electron chi connectivity index (χ3n) is 5.24. The maximum atomic E-state index is 12.8. The summed E-state index contributed by atoms with van der Waals surface area (Å²) in [5.74, 6) is 0.219. The van der Waals surface area contributed by atoms with E-state index in [1.807, 2.05) is 0 Å². The first-order valence-corrected chi connectivity index (χ1v) is 12.0. The number of aldehydes is 1. The molecule has 0 saturated heterocycles. The summed E-state index contributed by atoms with van der Waals surface area (Å²) in [5, 5.41) is 8.32. The van der Waals surface area contributed by atoms with Gasteiger partial charge in [-0.2, -0.15) is 0 Å². The first-order chi connectivity index (χ1) is 15.3. The van der Waals surface area contributed by atoms with E-state index in [2.05, 4.69) is 16.0 Å². The number of rotatable bonds is 10. The summed E-state index contributed by atoms with van der Waals surface area (Å²) < 4.78 is 10.5. The van der Waals surface area contributed by atoms with Crippen molar-refractivity contribution in [3.63, 3.8) is 0 Å². The molecule has 0 radical (unpaired) electrons. The number of carbonyl (C=O) groups excluding carboxylic acids is 4. The van der Waals surface area contributed by atoms with Crippen molar-refractivity contribution in [2.75, 3.05) is 13.1 Å². The lowest BCUT2D eigenvalue weighted by Gasteiger charge is -2.27. The van der Waals surface area contributed by atoms with Gasteiger partial charge in [0.15, 0.2) is 0 Å².